The molecule has 0 aromatic heterocycles. The van der Waals surface area contributed by atoms with Gasteiger partial charge in [-0.15, -0.1) is 0 Å². The second-order valence-corrected chi connectivity index (χ2v) is 3.77. The maximum Gasteiger partial charge on any atom is 0.254 e. The van der Waals surface area contributed by atoms with E-state index in [0.29, 0.717) is 36.6 Å². The van der Waals surface area contributed by atoms with Crippen molar-refractivity contribution in [1.82, 2.24) is 4.90 Å². The van der Waals surface area contributed by atoms with E-state index in [1.165, 1.54) is 0 Å². The summed E-state index contributed by atoms with van der Waals surface area (Å²) < 4.78 is 4.96. The van der Waals surface area contributed by atoms with Crippen LogP contribution in [0.15, 0.2) is 18.2 Å². The molecule has 0 saturated carbocycles. The maximum atomic E-state index is 12.1. The predicted molar refractivity (Wildman–Crippen MR) is 68.7 cm³/mol. The molecule has 0 aliphatic carbocycles. The number of nitrogens with zero attached hydrogens (tertiary/aromatic N) is 1. The number of hydrogen-bond acceptors (Lipinski definition) is 4. The molecule has 0 atom stereocenters. The van der Waals surface area contributed by atoms with Crippen LogP contribution >= 0.6 is 0 Å². The summed E-state index contributed by atoms with van der Waals surface area (Å²) in [5.41, 5.74) is 12.8. The first-order valence-electron chi connectivity index (χ1n) is 5.52. The molecule has 5 heteroatoms. The Kier molecular flexibility index (Phi) is 4.78. The Morgan fingerprint density at radius 1 is 1.29 bits per heavy atom. The monoisotopic (exact) mass is 237 g/mol. The second kappa shape index (κ2) is 6.10. The van der Waals surface area contributed by atoms with Crippen LogP contribution in [-0.2, 0) is 4.74 Å². The van der Waals surface area contributed by atoms with Crippen molar-refractivity contribution in [1.29, 1.82) is 0 Å². The van der Waals surface area contributed by atoms with Crippen molar-refractivity contribution in [3.63, 3.8) is 0 Å². The van der Waals surface area contributed by atoms with Gasteiger partial charge in [0.25, 0.3) is 5.91 Å². The van der Waals surface area contributed by atoms with E-state index >= 15 is 0 Å². The summed E-state index contributed by atoms with van der Waals surface area (Å²) in [4.78, 5) is 13.8. The molecule has 0 spiro atoms. The summed E-state index contributed by atoms with van der Waals surface area (Å²) in [7, 11) is 1.61. The number of carbonyl (C=O) groups excluding carboxylic acids is 1. The molecule has 4 N–H and O–H groups in total. The highest BCUT2D eigenvalue weighted by Crippen LogP contribution is 2.15. The number of nitrogens with two attached hydrogens (primary N) is 2. The highest BCUT2D eigenvalue weighted by molar-refractivity contribution is 5.96. The van der Waals surface area contributed by atoms with E-state index in [9.17, 15) is 4.79 Å². The van der Waals surface area contributed by atoms with Gasteiger partial charge in [-0.25, -0.2) is 0 Å². The zero-order chi connectivity index (χ0) is 12.8. The van der Waals surface area contributed by atoms with Crippen molar-refractivity contribution >= 4 is 17.3 Å². The van der Waals surface area contributed by atoms with E-state index in [0.717, 1.165) is 0 Å². The summed E-state index contributed by atoms with van der Waals surface area (Å²) >= 11 is 0. The number of hydrogen-bond donors (Lipinski definition) is 2. The molecule has 0 heterocycles. The van der Waals surface area contributed by atoms with Gasteiger partial charge in [-0.1, -0.05) is 0 Å². The van der Waals surface area contributed by atoms with Gasteiger partial charge in [-0.2, -0.15) is 0 Å². The number of benzene rings is 1. The van der Waals surface area contributed by atoms with Crippen molar-refractivity contribution in [2.24, 2.45) is 0 Å². The molecule has 0 saturated heterocycles. The lowest BCUT2D eigenvalue weighted by atomic mass is 10.1. The third-order valence-electron chi connectivity index (χ3n) is 2.46. The summed E-state index contributed by atoms with van der Waals surface area (Å²) in [5.74, 6) is -0.0800. The molecule has 1 aromatic rings. The van der Waals surface area contributed by atoms with Gasteiger partial charge in [-0.3, -0.25) is 4.79 Å². The molecule has 17 heavy (non-hydrogen) atoms. The number of amides is 1. The molecule has 0 aliphatic heterocycles. The molecule has 1 rings (SSSR count). The van der Waals surface area contributed by atoms with Gasteiger partial charge in [0.15, 0.2) is 0 Å². The van der Waals surface area contributed by atoms with E-state index in [1.54, 1.807) is 30.2 Å². The van der Waals surface area contributed by atoms with Gasteiger partial charge >= 0.3 is 0 Å². The van der Waals surface area contributed by atoms with E-state index in [2.05, 4.69) is 0 Å². The smallest absolute Gasteiger partial charge is 0.254 e. The van der Waals surface area contributed by atoms with Gasteiger partial charge in [0, 0.05) is 37.1 Å². The largest absolute Gasteiger partial charge is 0.399 e. The van der Waals surface area contributed by atoms with Crippen LogP contribution < -0.4 is 11.5 Å². The Balaban J connectivity index is 2.85. The summed E-state index contributed by atoms with van der Waals surface area (Å²) in [6.07, 6.45) is 0. The minimum atomic E-state index is -0.0800. The molecule has 0 aliphatic rings. The maximum absolute atomic E-state index is 12.1. The first kappa shape index (κ1) is 13.3. The van der Waals surface area contributed by atoms with Crippen LogP contribution in [0.3, 0.4) is 0 Å². The fourth-order valence-electron chi connectivity index (χ4n) is 1.59. The minimum Gasteiger partial charge on any atom is -0.399 e. The first-order valence-corrected chi connectivity index (χ1v) is 5.52. The standard InChI is InChI=1S/C12H19N3O2/c1-3-15(4-5-17-2)12(16)9-6-10(13)8-11(14)7-9/h6-8H,3-5,13-14H2,1-2H3. The molecule has 0 radical (unpaired) electrons. The fraction of sp³-hybridized carbons (Fsp3) is 0.417. The van der Waals surface area contributed by atoms with E-state index in [1.807, 2.05) is 6.92 Å². The molecule has 5 nitrogen and oxygen atoms in total. The van der Waals surface area contributed by atoms with Gasteiger partial charge < -0.3 is 21.1 Å². The fourth-order valence-corrected chi connectivity index (χ4v) is 1.59. The summed E-state index contributed by atoms with van der Waals surface area (Å²) in [6, 6.07) is 4.89. The van der Waals surface area contributed by atoms with Gasteiger partial charge in [0.1, 0.15) is 0 Å². The number of anilines is 2. The minimum absolute atomic E-state index is 0.0800. The topological polar surface area (TPSA) is 81.6 Å². The molecule has 0 unspecified atom stereocenters. The number of ether oxygens (including phenoxy) is 1. The first-order chi connectivity index (χ1) is 8.08. The van der Waals surface area contributed by atoms with Crippen molar-refractivity contribution in [3.8, 4) is 0 Å². The molecular formula is C12H19N3O2. The molecule has 94 valence electrons. The normalized spacial score (nSPS) is 10.2. The summed E-state index contributed by atoms with van der Waals surface area (Å²) in [6.45, 7) is 3.61. The molecule has 1 amide bonds. The number of likely N-dealkylation sites (N-methyl/N-ethyl adjacent to an activating group) is 1. The average molecular weight is 237 g/mol. The van der Waals surface area contributed by atoms with Crippen LogP contribution in [0.4, 0.5) is 11.4 Å². The zero-order valence-corrected chi connectivity index (χ0v) is 10.3. The number of carbonyl (C=O) groups is 1. The second-order valence-electron chi connectivity index (χ2n) is 3.77. The highest BCUT2D eigenvalue weighted by Gasteiger charge is 2.14. The van der Waals surface area contributed by atoms with E-state index < -0.39 is 0 Å². The zero-order valence-electron chi connectivity index (χ0n) is 10.3. The lowest BCUT2D eigenvalue weighted by Crippen LogP contribution is -2.33. The number of rotatable bonds is 5. The van der Waals surface area contributed by atoms with Crippen LogP contribution in [0.1, 0.15) is 17.3 Å². The van der Waals surface area contributed by atoms with E-state index in [-0.39, 0.29) is 5.91 Å². The summed E-state index contributed by atoms with van der Waals surface area (Å²) in [5, 5.41) is 0. The lowest BCUT2D eigenvalue weighted by molar-refractivity contribution is 0.0706. The Morgan fingerprint density at radius 3 is 2.35 bits per heavy atom. The highest BCUT2D eigenvalue weighted by atomic mass is 16.5. The van der Waals surface area contributed by atoms with Gasteiger partial charge in [-0.05, 0) is 25.1 Å². The van der Waals surface area contributed by atoms with Crippen LogP contribution in [0.5, 0.6) is 0 Å². The Hall–Kier alpha value is -1.75. The molecule has 0 fully saturated rings. The average Bonchev–Trinajstić information content (AvgIpc) is 2.28. The van der Waals surface area contributed by atoms with Crippen molar-refractivity contribution < 1.29 is 9.53 Å². The van der Waals surface area contributed by atoms with Gasteiger partial charge in [0.2, 0.25) is 0 Å². The molecular weight excluding hydrogens is 218 g/mol. The third kappa shape index (κ3) is 3.64. The van der Waals surface area contributed by atoms with E-state index in [4.69, 9.17) is 16.2 Å². The Labute approximate surface area is 101 Å². The third-order valence-corrected chi connectivity index (χ3v) is 2.46. The number of nitrogen functional groups attached to an aromatic ring is 2. The lowest BCUT2D eigenvalue weighted by Gasteiger charge is -2.20. The van der Waals surface area contributed by atoms with Crippen LogP contribution in [0.2, 0.25) is 0 Å². The Bertz CT molecular complexity index is 373. The quantitative estimate of drug-likeness (QED) is 0.747. The molecule has 0 bridgehead atoms. The molecule has 1 aromatic carbocycles. The van der Waals surface area contributed by atoms with Crippen LogP contribution in [0.25, 0.3) is 0 Å². The van der Waals surface area contributed by atoms with Crippen molar-refractivity contribution in [2.75, 3.05) is 38.3 Å². The SMILES string of the molecule is CCN(CCOC)C(=O)c1cc(N)cc(N)c1. The Morgan fingerprint density at radius 2 is 1.88 bits per heavy atom. The van der Waals surface area contributed by atoms with Crippen LogP contribution in [0, 0.1) is 0 Å². The predicted octanol–water partition coefficient (Wildman–Crippen LogP) is 0.960. The van der Waals surface area contributed by atoms with Crippen molar-refractivity contribution in [3.05, 3.63) is 23.8 Å². The van der Waals surface area contributed by atoms with Crippen LogP contribution in [-0.4, -0.2) is 37.6 Å². The van der Waals surface area contributed by atoms with Gasteiger partial charge in [0.05, 0.1) is 6.61 Å². The van der Waals surface area contributed by atoms with Crippen molar-refractivity contribution in [2.45, 2.75) is 6.92 Å². The number of methoxy groups -OCH3 is 1.